The summed E-state index contributed by atoms with van der Waals surface area (Å²) in [5, 5.41) is 12.0. The molecule has 1 N–H and O–H groups in total. The second-order valence-corrected chi connectivity index (χ2v) is 4.17. The molecule has 3 heteroatoms. The fourth-order valence-electron chi connectivity index (χ4n) is 1.39. The summed E-state index contributed by atoms with van der Waals surface area (Å²) < 4.78 is 5.27. The SMILES string of the molecule is CC(C)(C#N)NCC1CCOCC1. The highest BCUT2D eigenvalue weighted by Crippen LogP contribution is 2.14. The Bertz CT molecular complexity index is 190. The van der Waals surface area contributed by atoms with Crippen molar-refractivity contribution in [1.82, 2.24) is 5.32 Å². The van der Waals surface area contributed by atoms with Crippen LogP contribution in [0.2, 0.25) is 0 Å². The normalized spacial score (nSPS) is 19.8. The van der Waals surface area contributed by atoms with Crippen LogP contribution in [0.1, 0.15) is 26.7 Å². The van der Waals surface area contributed by atoms with Crippen molar-refractivity contribution in [3.63, 3.8) is 0 Å². The van der Waals surface area contributed by atoms with E-state index in [0.717, 1.165) is 32.6 Å². The maximum absolute atomic E-state index is 8.79. The van der Waals surface area contributed by atoms with Crippen LogP contribution >= 0.6 is 0 Å². The van der Waals surface area contributed by atoms with Crippen molar-refractivity contribution < 1.29 is 4.74 Å². The first-order valence-corrected chi connectivity index (χ1v) is 4.88. The van der Waals surface area contributed by atoms with Crippen LogP contribution in [0, 0.1) is 17.2 Å². The Hall–Kier alpha value is -0.590. The number of hydrogen-bond donors (Lipinski definition) is 1. The molecule has 74 valence electrons. The molecule has 0 bridgehead atoms. The second kappa shape index (κ2) is 4.59. The molecule has 3 nitrogen and oxygen atoms in total. The van der Waals surface area contributed by atoms with Gasteiger partial charge in [-0.15, -0.1) is 0 Å². The Balaban J connectivity index is 2.22. The molecule has 1 aliphatic rings. The van der Waals surface area contributed by atoms with E-state index < -0.39 is 5.54 Å². The van der Waals surface area contributed by atoms with Crippen molar-refractivity contribution in [1.29, 1.82) is 5.26 Å². The van der Waals surface area contributed by atoms with Crippen LogP contribution in [-0.2, 0) is 4.74 Å². The largest absolute Gasteiger partial charge is 0.381 e. The average Bonchev–Trinajstić information content (AvgIpc) is 2.17. The van der Waals surface area contributed by atoms with Gasteiger partial charge < -0.3 is 4.74 Å². The summed E-state index contributed by atoms with van der Waals surface area (Å²) in [5.41, 5.74) is -0.391. The van der Waals surface area contributed by atoms with E-state index >= 15 is 0 Å². The van der Waals surface area contributed by atoms with Gasteiger partial charge in [0.15, 0.2) is 0 Å². The van der Waals surface area contributed by atoms with E-state index in [9.17, 15) is 0 Å². The van der Waals surface area contributed by atoms with Crippen LogP contribution in [0.25, 0.3) is 0 Å². The van der Waals surface area contributed by atoms with E-state index in [1.54, 1.807) is 0 Å². The number of rotatable bonds is 3. The van der Waals surface area contributed by atoms with E-state index in [2.05, 4.69) is 11.4 Å². The lowest BCUT2D eigenvalue weighted by Gasteiger charge is -2.26. The average molecular weight is 182 g/mol. The van der Waals surface area contributed by atoms with Crippen molar-refractivity contribution >= 4 is 0 Å². The Morgan fingerprint density at radius 1 is 1.46 bits per heavy atom. The molecular weight excluding hydrogens is 164 g/mol. The summed E-state index contributed by atoms with van der Waals surface area (Å²) in [7, 11) is 0. The highest BCUT2D eigenvalue weighted by atomic mass is 16.5. The summed E-state index contributed by atoms with van der Waals surface area (Å²) in [5.74, 6) is 0.682. The van der Waals surface area contributed by atoms with Crippen LogP contribution in [0.3, 0.4) is 0 Å². The predicted molar refractivity (Wildman–Crippen MR) is 51.2 cm³/mol. The number of ether oxygens (including phenoxy) is 1. The molecule has 0 aromatic rings. The topological polar surface area (TPSA) is 45.0 Å². The van der Waals surface area contributed by atoms with Gasteiger partial charge in [0, 0.05) is 13.2 Å². The minimum atomic E-state index is -0.391. The van der Waals surface area contributed by atoms with E-state index in [1.165, 1.54) is 0 Å². The second-order valence-electron chi connectivity index (χ2n) is 4.17. The van der Waals surface area contributed by atoms with Crippen LogP contribution in [-0.4, -0.2) is 25.3 Å². The van der Waals surface area contributed by atoms with E-state index in [0.29, 0.717) is 5.92 Å². The smallest absolute Gasteiger partial charge is 0.101 e. The van der Waals surface area contributed by atoms with Gasteiger partial charge in [-0.05, 0) is 39.2 Å². The molecular formula is C10H18N2O. The van der Waals surface area contributed by atoms with E-state index in [4.69, 9.17) is 10.00 Å². The number of nitrogens with one attached hydrogen (secondary N) is 1. The van der Waals surface area contributed by atoms with Gasteiger partial charge in [0.25, 0.3) is 0 Å². The van der Waals surface area contributed by atoms with Crippen LogP contribution in [0.5, 0.6) is 0 Å². The van der Waals surface area contributed by atoms with Crippen molar-refractivity contribution in [2.24, 2.45) is 5.92 Å². The summed E-state index contributed by atoms with van der Waals surface area (Å²) >= 11 is 0. The Kier molecular flexibility index (Phi) is 3.71. The molecule has 1 heterocycles. The monoisotopic (exact) mass is 182 g/mol. The molecule has 0 spiro atoms. The minimum absolute atomic E-state index is 0.391. The van der Waals surface area contributed by atoms with Crippen molar-refractivity contribution in [3.8, 4) is 6.07 Å². The molecule has 0 aromatic carbocycles. The number of hydrogen-bond acceptors (Lipinski definition) is 3. The number of nitrogens with zero attached hydrogens (tertiary/aromatic N) is 1. The number of nitriles is 1. The van der Waals surface area contributed by atoms with Crippen molar-refractivity contribution in [2.75, 3.05) is 19.8 Å². The molecule has 1 rings (SSSR count). The van der Waals surface area contributed by atoms with Crippen molar-refractivity contribution in [2.45, 2.75) is 32.2 Å². The summed E-state index contributed by atoms with van der Waals surface area (Å²) in [6, 6.07) is 2.24. The zero-order chi connectivity index (χ0) is 9.73. The molecule has 0 atom stereocenters. The predicted octanol–water partition coefficient (Wildman–Crippen LogP) is 1.30. The fourth-order valence-corrected chi connectivity index (χ4v) is 1.39. The van der Waals surface area contributed by atoms with Gasteiger partial charge in [0.05, 0.1) is 6.07 Å². The van der Waals surface area contributed by atoms with Gasteiger partial charge in [-0.3, -0.25) is 5.32 Å². The first-order valence-electron chi connectivity index (χ1n) is 4.88. The standard InChI is InChI=1S/C10H18N2O/c1-10(2,8-11)12-7-9-3-5-13-6-4-9/h9,12H,3-7H2,1-2H3. The van der Waals surface area contributed by atoms with Gasteiger partial charge in [0.2, 0.25) is 0 Å². The molecule has 0 aromatic heterocycles. The molecule has 0 unspecified atom stereocenters. The lowest BCUT2D eigenvalue weighted by Crippen LogP contribution is -2.41. The highest BCUT2D eigenvalue weighted by Gasteiger charge is 2.19. The zero-order valence-electron chi connectivity index (χ0n) is 8.47. The van der Waals surface area contributed by atoms with Crippen LogP contribution in [0.15, 0.2) is 0 Å². The Labute approximate surface area is 80.1 Å². The van der Waals surface area contributed by atoms with Crippen LogP contribution < -0.4 is 5.32 Å². The van der Waals surface area contributed by atoms with E-state index in [-0.39, 0.29) is 0 Å². The lowest BCUT2D eigenvalue weighted by atomic mass is 9.98. The lowest BCUT2D eigenvalue weighted by molar-refractivity contribution is 0.0650. The fraction of sp³-hybridized carbons (Fsp3) is 0.900. The van der Waals surface area contributed by atoms with Crippen molar-refractivity contribution in [3.05, 3.63) is 0 Å². The van der Waals surface area contributed by atoms with Gasteiger partial charge in [-0.25, -0.2) is 0 Å². The van der Waals surface area contributed by atoms with Gasteiger partial charge >= 0.3 is 0 Å². The first kappa shape index (κ1) is 10.5. The van der Waals surface area contributed by atoms with Gasteiger partial charge in [-0.1, -0.05) is 0 Å². The molecule has 1 aliphatic heterocycles. The highest BCUT2D eigenvalue weighted by molar-refractivity contribution is 5.00. The molecule has 1 fully saturated rings. The third kappa shape index (κ3) is 3.75. The summed E-state index contributed by atoms with van der Waals surface area (Å²) in [6.45, 7) is 6.50. The molecule has 1 saturated heterocycles. The molecule has 0 saturated carbocycles. The maximum Gasteiger partial charge on any atom is 0.101 e. The first-order chi connectivity index (χ1) is 6.14. The van der Waals surface area contributed by atoms with E-state index in [1.807, 2.05) is 13.8 Å². The third-order valence-electron chi connectivity index (χ3n) is 2.45. The minimum Gasteiger partial charge on any atom is -0.381 e. The molecule has 0 aliphatic carbocycles. The third-order valence-corrected chi connectivity index (χ3v) is 2.45. The molecule has 0 amide bonds. The summed E-state index contributed by atoms with van der Waals surface area (Å²) in [4.78, 5) is 0. The maximum atomic E-state index is 8.79. The van der Waals surface area contributed by atoms with Gasteiger partial charge in [-0.2, -0.15) is 5.26 Å². The zero-order valence-corrected chi connectivity index (χ0v) is 8.47. The van der Waals surface area contributed by atoms with Gasteiger partial charge in [0.1, 0.15) is 5.54 Å². The quantitative estimate of drug-likeness (QED) is 0.715. The summed E-state index contributed by atoms with van der Waals surface area (Å²) in [6.07, 6.45) is 2.24. The Morgan fingerprint density at radius 3 is 2.62 bits per heavy atom. The molecule has 0 radical (unpaired) electrons. The molecule has 13 heavy (non-hydrogen) atoms. The Morgan fingerprint density at radius 2 is 2.08 bits per heavy atom. The van der Waals surface area contributed by atoms with Crippen LogP contribution in [0.4, 0.5) is 0 Å².